The number of thioether (sulfide) groups is 1. The second-order valence-electron chi connectivity index (χ2n) is 6.73. The predicted molar refractivity (Wildman–Crippen MR) is 87.2 cm³/mol. The Hall–Kier alpha value is -2.55. The first-order chi connectivity index (χ1) is 12.1. The lowest BCUT2D eigenvalue weighted by molar-refractivity contribution is -0.312. The average Bonchev–Trinajstić information content (AvgIpc) is 2.82. The number of carbonyl (C=O) groups excluding carboxylic acids is 4. The Labute approximate surface area is 153 Å². The number of amides is 2. The van der Waals surface area contributed by atoms with Gasteiger partial charge in [0.1, 0.15) is 17.3 Å². The van der Waals surface area contributed by atoms with Gasteiger partial charge >= 0.3 is 0 Å². The lowest BCUT2D eigenvalue weighted by Gasteiger charge is -2.45. The third-order valence-corrected chi connectivity index (χ3v) is 6.16. The minimum absolute atomic E-state index is 0.237. The van der Waals surface area contributed by atoms with E-state index in [1.165, 1.54) is 28.8 Å². The molecule has 8 nitrogen and oxygen atoms in total. The normalized spacial score (nSPS) is 27.2. The minimum atomic E-state index is -1.58. The van der Waals surface area contributed by atoms with Crippen molar-refractivity contribution in [3.8, 4) is 0 Å². The van der Waals surface area contributed by atoms with E-state index in [9.17, 15) is 29.4 Å². The minimum Gasteiger partial charge on any atom is -0.549 e. The third kappa shape index (κ3) is 2.82. The maximum absolute atomic E-state index is 12.5. The summed E-state index contributed by atoms with van der Waals surface area (Å²) in [4.78, 5) is 48.8. The molecule has 2 heterocycles. The summed E-state index contributed by atoms with van der Waals surface area (Å²) < 4.78 is -0.786. The van der Waals surface area contributed by atoms with Crippen molar-refractivity contribution in [1.29, 1.82) is 0 Å². The highest BCUT2D eigenvalue weighted by atomic mass is 32.2. The van der Waals surface area contributed by atoms with Crippen LogP contribution in [0.3, 0.4) is 0 Å². The fourth-order valence-electron chi connectivity index (χ4n) is 3.40. The molecule has 2 fully saturated rings. The number of carbonyl (C=O) groups is 4. The van der Waals surface area contributed by atoms with Gasteiger partial charge in [-0.1, -0.05) is 30.3 Å². The van der Waals surface area contributed by atoms with Crippen LogP contribution in [0.15, 0.2) is 30.3 Å². The number of aliphatic carboxylic acids is 2. The number of benzene rings is 1. The molecule has 1 N–H and O–H groups in total. The van der Waals surface area contributed by atoms with Crippen LogP contribution in [0.25, 0.3) is 0 Å². The summed E-state index contributed by atoms with van der Waals surface area (Å²) in [6, 6.07) is 5.73. The number of carboxylic acid groups (broad SMARTS) is 2. The molecule has 1 aromatic rings. The van der Waals surface area contributed by atoms with Crippen LogP contribution in [0, 0.1) is 0 Å². The van der Waals surface area contributed by atoms with Gasteiger partial charge < -0.3 is 30.0 Å². The Kier molecular flexibility index (Phi) is 4.43. The smallest absolute Gasteiger partial charge is 0.249 e. The van der Waals surface area contributed by atoms with E-state index >= 15 is 0 Å². The number of hydrogen-bond acceptors (Lipinski definition) is 7. The number of β-lactam (4-membered cyclic amide) rings is 1. The first-order valence-electron chi connectivity index (χ1n) is 7.92. The number of carboxylic acids is 2. The molecule has 2 aliphatic rings. The van der Waals surface area contributed by atoms with Crippen molar-refractivity contribution in [1.82, 2.24) is 10.2 Å². The molecular formula is C17H16N2O6S-2. The molecule has 0 aromatic heterocycles. The van der Waals surface area contributed by atoms with Crippen LogP contribution in [0.1, 0.15) is 25.3 Å². The Balaban J connectivity index is 1.78. The van der Waals surface area contributed by atoms with Gasteiger partial charge in [0, 0.05) is 4.75 Å². The van der Waals surface area contributed by atoms with Crippen molar-refractivity contribution in [2.75, 3.05) is 0 Å². The Bertz CT molecular complexity index is 781. The van der Waals surface area contributed by atoms with Crippen LogP contribution >= 0.6 is 11.8 Å². The maximum atomic E-state index is 12.5. The molecule has 9 heteroatoms. The van der Waals surface area contributed by atoms with Crippen LogP contribution in [0.2, 0.25) is 0 Å². The summed E-state index contributed by atoms with van der Waals surface area (Å²) in [5, 5.41) is 24.6. The molecule has 0 radical (unpaired) electrons. The van der Waals surface area contributed by atoms with E-state index < -0.39 is 51.9 Å². The summed E-state index contributed by atoms with van der Waals surface area (Å²) in [6.45, 7) is 3.35. The van der Waals surface area contributed by atoms with Crippen LogP contribution in [-0.2, 0) is 19.2 Å². The molecule has 26 heavy (non-hydrogen) atoms. The molecule has 0 bridgehead atoms. The Morgan fingerprint density at radius 2 is 1.81 bits per heavy atom. The average molecular weight is 376 g/mol. The molecule has 2 saturated heterocycles. The van der Waals surface area contributed by atoms with Crippen LogP contribution < -0.4 is 15.5 Å². The van der Waals surface area contributed by atoms with Crippen molar-refractivity contribution in [2.45, 2.75) is 42.0 Å². The highest BCUT2D eigenvalue weighted by Gasteiger charge is 2.62. The van der Waals surface area contributed by atoms with Crippen molar-refractivity contribution in [3.05, 3.63) is 35.9 Å². The summed E-state index contributed by atoms with van der Waals surface area (Å²) in [5.41, 5.74) is 0.237. The van der Waals surface area contributed by atoms with Gasteiger partial charge in [0.2, 0.25) is 11.8 Å². The number of nitrogens with zero attached hydrogens (tertiary/aromatic N) is 1. The molecule has 0 aliphatic carbocycles. The zero-order valence-electron chi connectivity index (χ0n) is 14.0. The van der Waals surface area contributed by atoms with Crippen molar-refractivity contribution < 1.29 is 29.4 Å². The van der Waals surface area contributed by atoms with Crippen molar-refractivity contribution >= 4 is 35.5 Å². The van der Waals surface area contributed by atoms with E-state index in [0.717, 1.165) is 0 Å². The molecule has 2 aliphatic heterocycles. The summed E-state index contributed by atoms with van der Waals surface area (Å²) in [6.07, 6.45) is 0. The van der Waals surface area contributed by atoms with E-state index in [0.29, 0.717) is 0 Å². The Morgan fingerprint density at radius 1 is 1.19 bits per heavy atom. The fourth-order valence-corrected chi connectivity index (χ4v) is 5.02. The monoisotopic (exact) mass is 376 g/mol. The Morgan fingerprint density at radius 3 is 2.35 bits per heavy atom. The number of fused-ring (bicyclic) bond motifs is 1. The molecule has 0 spiro atoms. The van der Waals surface area contributed by atoms with Gasteiger partial charge in [-0.3, -0.25) is 9.59 Å². The van der Waals surface area contributed by atoms with E-state index in [1.54, 1.807) is 32.0 Å². The van der Waals surface area contributed by atoms with Gasteiger partial charge in [0.15, 0.2) is 0 Å². The fraction of sp³-hybridized carbons (Fsp3) is 0.412. The van der Waals surface area contributed by atoms with Crippen molar-refractivity contribution in [3.63, 3.8) is 0 Å². The second kappa shape index (κ2) is 6.31. The highest BCUT2D eigenvalue weighted by molar-refractivity contribution is 8.01. The zero-order chi connectivity index (χ0) is 19.2. The molecule has 0 saturated carbocycles. The quantitative estimate of drug-likeness (QED) is 0.457. The van der Waals surface area contributed by atoms with Crippen molar-refractivity contribution in [2.24, 2.45) is 0 Å². The summed E-state index contributed by atoms with van der Waals surface area (Å²) in [5.74, 6) is -5.94. The topological polar surface area (TPSA) is 130 Å². The summed E-state index contributed by atoms with van der Waals surface area (Å²) >= 11 is 1.23. The van der Waals surface area contributed by atoms with Crippen LogP contribution in [-0.4, -0.2) is 50.9 Å². The molecule has 2 amide bonds. The van der Waals surface area contributed by atoms with Crippen LogP contribution in [0.4, 0.5) is 0 Å². The molecule has 0 unspecified atom stereocenters. The molecule has 1 aromatic carbocycles. The lowest BCUT2D eigenvalue weighted by atomic mass is 9.94. The number of hydrogen-bond donors (Lipinski definition) is 1. The highest BCUT2D eigenvalue weighted by Crippen LogP contribution is 2.50. The summed E-state index contributed by atoms with van der Waals surface area (Å²) in [7, 11) is 0. The van der Waals surface area contributed by atoms with Gasteiger partial charge in [0.05, 0.1) is 18.0 Å². The number of rotatable bonds is 5. The van der Waals surface area contributed by atoms with E-state index in [4.69, 9.17) is 0 Å². The SMILES string of the molecule is CC1(C)S[C@H]2[C@H](NC(=O)[C@H](C(=O)[O-])c3ccccc3)C(=O)N2[C@H]1C(=O)[O-]. The van der Waals surface area contributed by atoms with Gasteiger partial charge in [0.25, 0.3) is 0 Å². The largest absolute Gasteiger partial charge is 0.549 e. The molecule has 138 valence electrons. The van der Waals surface area contributed by atoms with Gasteiger partial charge in [-0.15, -0.1) is 11.8 Å². The van der Waals surface area contributed by atoms with Gasteiger partial charge in [-0.2, -0.15) is 0 Å². The first-order valence-corrected chi connectivity index (χ1v) is 8.80. The maximum Gasteiger partial charge on any atom is 0.249 e. The zero-order valence-corrected chi connectivity index (χ0v) is 14.8. The van der Waals surface area contributed by atoms with Gasteiger partial charge in [-0.25, -0.2) is 0 Å². The molecule has 3 rings (SSSR count). The van der Waals surface area contributed by atoms with Crippen LogP contribution in [0.5, 0.6) is 0 Å². The van der Waals surface area contributed by atoms with E-state index in [-0.39, 0.29) is 5.56 Å². The predicted octanol–water partition coefficient (Wildman–Crippen LogP) is -2.18. The second-order valence-corrected chi connectivity index (χ2v) is 8.50. The molecule has 4 atom stereocenters. The number of nitrogens with one attached hydrogen (secondary N) is 1. The molecular weight excluding hydrogens is 360 g/mol. The lowest BCUT2D eigenvalue weighted by Crippen LogP contribution is -2.72. The third-order valence-electron chi connectivity index (χ3n) is 4.59. The van der Waals surface area contributed by atoms with E-state index in [2.05, 4.69) is 5.32 Å². The van der Waals surface area contributed by atoms with Gasteiger partial charge in [-0.05, 0) is 19.4 Å². The first kappa shape index (κ1) is 18.2. The standard InChI is InChI=1S/C17H18N2O6S/c1-17(2)11(16(24)25)19-13(21)10(14(19)26-17)18-12(20)9(15(22)23)8-6-4-3-5-7-8/h3-7,9-11,14H,1-2H3,(H,18,20)(H,22,23)(H,24,25)/p-2/t9-,10-,11+,14+/m1/s1. The van der Waals surface area contributed by atoms with E-state index in [1.807, 2.05) is 0 Å².